The van der Waals surface area contributed by atoms with Crippen molar-refractivity contribution in [3.63, 3.8) is 0 Å². The number of nitrogens with one attached hydrogen (secondary N) is 1. The summed E-state index contributed by atoms with van der Waals surface area (Å²) in [5.74, 6) is -0.472. The van der Waals surface area contributed by atoms with Crippen molar-refractivity contribution in [1.82, 2.24) is 4.98 Å². The summed E-state index contributed by atoms with van der Waals surface area (Å²) >= 11 is 0. The van der Waals surface area contributed by atoms with Crippen LogP contribution in [0, 0.1) is 0 Å². The predicted molar refractivity (Wildman–Crippen MR) is 63.8 cm³/mol. The zero-order valence-electron chi connectivity index (χ0n) is 9.27. The molecule has 0 atom stereocenters. The number of aromatic amines is 1. The van der Waals surface area contributed by atoms with Gasteiger partial charge >= 0.3 is 5.97 Å². The number of carbonyl (C=O) groups excluding carboxylic acids is 1. The number of hydrogen-bond acceptors (Lipinski definition) is 3. The maximum atomic E-state index is 11.6. The molecule has 17 heavy (non-hydrogen) atoms. The first-order valence-electron chi connectivity index (χ1n) is 5.09. The normalized spacial score (nSPS) is 9.94. The second kappa shape index (κ2) is 4.65. The smallest absolute Gasteiger partial charge is 0.339 e. The van der Waals surface area contributed by atoms with Crippen molar-refractivity contribution in [2.24, 2.45) is 0 Å². The first kappa shape index (κ1) is 11.1. The lowest BCUT2D eigenvalue weighted by Crippen LogP contribution is -2.11. The number of aromatic nitrogens is 1. The molecule has 1 aromatic carbocycles. The summed E-state index contributed by atoms with van der Waals surface area (Å²) in [6.45, 7) is 0. The standard InChI is InChI=1S/C13H11NO3/c1-17-13(16)11-8-14-12(15)7-10(11)9-5-3-2-4-6-9/h2-8H,1H3,(H,14,15). The van der Waals surface area contributed by atoms with E-state index in [-0.39, 0.29) is 5.56 Å². The van der Waals surface area contributed by atoms with Gasteiger partial charge in [0.15, 0.2) is 0 Å². The largest absolute Gasteiger partial charge is 0.465 e. The number of hydrogen-bond donors (Lipinski definition) is 1. The van der Waals surface area contributed by atoms with E-state index in [1.807, 2.05) is 30.3 Å². The van der Waals surface area contributed by atoms with Crippen molar-refractivity contribution in [3.8, 4) is 11.1 Å². The molecule has 1 heterocycles. The summed E-state index contributed by atoms with van der Waals surface area (Å²) in [6.07, 6.45) is 1.37. The Balaban J connectivity index is 2.63. The summed E-state index contributed by atoms with van der Waals surface area (Å²) in [4.78, 5) is 25.4. The number of pyridine rings is 1. The zero-order chi connectivity index (χ0) is 12.3. The lowest BCUT2D eigenvalue weighted by molar-refractivity contribution is 0.0601. The van der Waals surface area contributed by atoms with Gasteiger partial charge in [0.25, 0.3) is 0 Å². The summed E-state index contributed by atoms with van der Waals surface area (Å²) in [6, 6.07) is 10.6. The van der Waals surface area contributed by atoms with Crippen molar-refractivity contribution in [1.29, 1.82) is 0 Å². The third kappa shape index (κ3) is 2.25. The van der Waals surface area contributed by atoms with Crippen LogP contribution in [0.25, 0.3) is 11.1 Å². The van der Waals surface area contributed by atoms with Crippen LogP contribution in [-0.2, 0) is 4.74 Å². The van der Waals surface area contributed by atoms with Gasteiger partial charge in [0.2, 0.25) is 5.56 Å². The average Bonchev–Trinajstić information content (AvgIpc) is 2.39. The first-order chi connectivity index (χ1) is 8.22. The molecule has 0 spiro atoms. The second-order valence-corrected chi connectivity index (χ2v) is 3.48. The molecule has 86 valence electrons. The Kier molecular flexibility index (Phi) is 3.05. The summed E-state index contributed by atoms with van der Waals surface area (Å²) in [5, 5.41) is 0. The highest BCUT2D eigenvalue weighted by atomic mass is 16.5. The molecule has 0 fully saturated rings. The number of esters is 1. The molecule has 0 aliphatic carbocycles. The van der Waals surface area contributed by atoms with Crippen LogP contribution >= 0.6 is 0 Å². The van der Waals surface area contributed by atoms with Crippen LogP contribution in [0.5, 0.6) is 0 Å². The van der Waals surface area contributed by atoms with Crippen molar-refractivity contribution < 1.29 is 9.53 Å². The van der Waals surface area contributed by atoms with Gasteiger partial charge in [-0.2, -0.15) is 0 Å². The monoisotopic (exact) mass is 229 g/mol. The quantitative estimate of drug-likeness (QED) is 0.799. The van der Waals surface area contributed by atoms with Crippen LogP contribution in [0.2, 0.25) is 0 Å². The highest BCUT2D eigenvalue weighted by molar-refractivity contribution is 5.96. The van der Waals surface area contributed by atoms with Crippen LogP contribution in [0.1, 0.15) is 10.4 Å². The molecule has 0 saturated carbocycles. The Morgan fingerprint density at radius 3 is 2.59 bits per heavy atom. The van der Waals surface area contributed by atoms with Gasteiger partial charge in [-0.05, 0) is 5.56 Å². The Morgan fingerprint density at radius 2 is 1.94 bits per heavy atom. The number of methoxy groups -OCH3 is 1. The van der Waals surface area contributed by atoms with Crippen LogP contribution in [0.3, 0.4) is 0 Å². The number of rotatable bonds is 2. The summed E-state index contributed by atoms with van der Waals surface area (Å²) in [7, 11) is 1.31. The molecule has 1 N–H and O–H groups in total. The number of H-pyrrole nitrogens is 1. The maximum Gasteiger partial charge on any atom is 0.339 e. The average molecular weight is 229 g/mol. The molecule has 0 saturated heterocycles. The topological polar surface area (TPSA) is 59.2 Å². The van der Waals surface area contributed by atoms with Gasteiger partial charge in [-0.15, -0.1) is 0 Å². The highest BCUT2D eigenvalue weighted by Crippen LogP contribution is 2.21. The first-order valence-corrected chi connectivity index (χ1v) is 5.09. The van der Waals surface area contributed by atoms with E-state index < -0.39 is 5.97 Å². The molecule has 0 unspecified atom stereocenters. The molecular formula is C13H11NO3. The van der Waals surface area contributed by atoms with E-state index in [1.54, 1.807) is 0 Å². The van der Waals surface area contributed by atoms with Crippen LogP contribution in [0.4, 0.5) is 0 Å². The molecule has 0 radical (unpaired) electrons. The van der Waals surface area contributed by atoms with Gasteiger partial charge in [-0.3, -0.25) is 4.79 Å². The van der Waals surface area contributed by atoms with Gasteiger partial charge in [-0.25, -0.2) is 4.79 Å². The fraction of sp³-hybridized carbons (Fsp3) is 0.0769. The van der Waals surface area contributed by atoms with E-state index >= 15 is 0 Å². The number of ether oxygens (including phenoxy) is 1. The Hall–Kier alpha value is -2.36. The van der Waals surface area contributed by atoms with E-state index in [4.69, 9.17) is 0 Å². The molecule has 0 bridgehead atoms. The van der Waals surface area contributed by atoms with E-state index in [0.29, 0.717) is 11.1 Å². The molecule has 2 aromatic rings. The van der Waals surface area contributed by atoms with Gasteiger partial charge in [-0.1, -0.05) is 30.3 Å². The fourth-order valence-electron chi connectivity index (χ4n) is 1.61. The molecule has 0 amide bonds. The van der Waals surface area contributed by atoms with Gasteiger partial charge in [0, 0.05) is 17.8 Å². The summed E-state index contributed by atoms with van der Waals surface area (Å²) in [5.41, 5.74) is 1.47. The molecule has 0 aliphatic rings. The van der Waals surface area contributed by atoms with Crippen molar-refractivity contribution >= 4 is 5.97 Å². The van der Waals surface area contributed by atoms with Crippen molar-refractivity contribution in [3.05, 3.63) is 58.5 Å². The minimum Gasteiger partial charge on any atom is -0.465 e. The van der Waals surface area contributed by atoms with Crippen molar-refractivity contribution in [2.45, 2.75) is 0 Å². The van der Waals surface area contributed by atoms with E-state index in [2.05, 4.69) is 9.72 Å². The SMILES string of the molecule is COC(=O)c1c[nH]c(=O)cc1-c1ccccc1. The van der Waals surface area contributed by atoms with Crippen LogP contribution < -0.4 is 5.56 Å². The van der Waals surface area contributed by atoms with Gasteiger partial charge in [0.05, 0.1) is 12.7 Å². The third-order valence-electron chi connectivity index (χ3n) is 2.41. The molecular weight excluding hydrogens is 218 g/mol. The molecule has 4 heteroatoms. The number of carbonyl (C=O) groups is 1. The Bertz CT molecular complexity index is 587. The summed E-state index contributed by atoms with van der Waals surface area (Å²) < 4.78 is 4.68. The minimum atomic E-state index is -0.472. The second-order valence-electron chi connectivity index (χ2n) is 3.48. The zero-order valence-corrected chi connectivity index (χ0v) is 9.27. The lowest BCUT2D eigenvalue weighted by Gasteiger charge is -2.06. The number of benzene rings is 1. The Morgan fingerprint density at radius 1 is 1.24 bits per heavy atom. The predicted octanol–water partition coefficient (Wildman–Crippen LogP) is 1.83. The molecule has 2 rings (SSSR count). The fourth-order valence-corrected chi connectivity index (χ4v) is 1.61. The third-order valence-corrected chi connectivity index (χ3v) is 2.41. The Labute approximate surface area is 97.9 Å². The van der Waals surface area contributed by atoms with E-state index in [9.17, 15) is 9.59 Å². The lowest BCUT2D eigenvalue weighted by atomic mass is 10.0. The highest BCUT2D eigenvalue weighted by Gasteiger charge is 2.13. The molecule has 0 aliphatic heterocycles. The van der Waals surface area contributed by atoms with Crippen molar-refractivity contribution in [2.75, 3.05) is 7.11 Å². The van der Waals surface area contributed by atoms with Gasteiger partial charge in [0.1, 0.15) is 0 Å². The minimum absolute atomic E-state index is 0.253. The van der Waals surface area contributed by atoms with Crippen LogP contribution in [-0.4, -0.2) is 18.1 Å². The van der Waals surface area contributed by atoms with Gasteiger partial charge < -0.3 is 9.72 Å². The molecule has 1 aromatic heterocycles. The maximum absolute atomic E-state index is 11.6. The van der Waals surface area contributed by atoms with Crippen LogP contribution in [0.15, 0.2) is 47.4 Å². The van der Waals surface area contributed by atoms with E-state index in [1.165, 1.54) is 19.4 Å². The molecule has 4 nitrogen and oxygen atoms in total. The van der Waals surface area contributed by atoms with E-state index in [0.717, 1.165) is 5.56 Å².